The number of pyridine rings is 1. The second-order valence-corrected chi connectivity index (χ2v) is 10.6. The lowest BCUT2D eigenvalue weighted by Gasteiger charge is -2.11. The summed E-state index contributed by atoms with van der Waals surface area (Å²) in [7, 11) is -4.04. The van der Waals surface area contributed by atoms with Crippen molar-refractivity contribution in [3.8, 4) is 5.75 Å². The number of amides is 1. The molecule has 0 radical (unpaired) electrons. The van der Waals surface area contributed by atoms with Crippen LogP contribution in [0.15, 0.2) is 95.9 Å². The van der Waals surface area contributed by atoms with Crippen molar-refractivity contribution >= 4 is 38.7 Å². The molecule has 0 saturated heterocycles. The number of ether oxygens (including phenoxy) is 1. The first-order valence-electron chi connectivity index (χ1n) is 11.7. The van der Waals surface area contributed by atoms with Crippen molar-refractivity contribution in [2.45, 2.75) is 25.0 Å². The zero-order chi connectivity index (χ0) is 26.7. The third kappa shape index (κ3) is 5.53. The lowest BCUT2D eigenvalue weighted by Crippen LogP contribution is -2.31. The Bertz CT molecular complexity index is 1720. The van der Waals surface area contributed by atoms with Crippen LogP contribution in [0.2, 0.25) is 5.02 Å². The fourth-order valence-electron chi connectivity index (χ4n) is 3.93. The van der Waals surface area contributed by atoms with E-state index >= 15 is 0 Å². The molecule has 10 heteroatoms. The summed E-state index contributed by atoms with van der Waals surface area (Å²) in [6.45, 7) is 2.57. The number of halogens is 1. The highest BCUT2D eigenvalue weighted by Gasteiger charge is 2.21. The molecule has 5 rings (SSSR count). The molecule has 0 unspecified atom stereocenters. The molecule has 2 aromatic heterocycles. The van der Waals surface area contributed by atoms with Crippen LogP contribution in [0.3, 0.4) is 0 Å². The highest BCUT2D eigenvalue weighted by molar-refractivity contribution is 7.90. The summed E-state index contributed by atoms with van der Waals surface area (Å²) >= 11 is 6.60. The average Bonchev–Trinajstić information content (AvgIpc) is 3.23. The van der Waals surface area contributed by atoms with Gasteiger partial charge in [-0.2, -0.15) is 0 Å². The number of hydrogen-bond donors (Lipinski definition) is 1. The van der Waals surface area contributed by atoms with E-state index < -0.39 is 15.9 Å². The summed E-state index contributed by atoms with van der Waals surface area (Å²) in [5.74, 6) is 0.618. The Morgan fingerprint density at radius 2 is 1.66 bits per heavy atom. The number of nitrogens with zero attached hydrogens (tertiary/aromatic N) is 3. The summed E-state index contributed by atoms with van der Waals surface area (Å²) in [6.07, 6.45) is 0. The molecule has 0 atom stereocenters. The van der Waals surface area contributed by atoms with E-state index in [1.165, 1.54) is 18.2 Å². The Kier molecular flexibility index (Phi) is 7.13. The van der Waals surface area contributed by atoms with Crippen LogP contribution in [-0.4, -0.2) is 28.9 Å². The van der Waals surface area contributed by atoms with E-state index in [2.05, 4.69) is 14.7 Å². The van der Waals surface area contributed by atoms with Crippen molar-refractivity contribution in [1.82, 2.24) is 19.3 Å². The maximum Gasteiger partial charge on any atom is 0.283 e. The number of carbonyl (C=O) groups excluding carboxylic acids is 1. The molecule has 2 heterocycles. The maximum atomic E-state index is 12.8. The van der Waals surface area contributed by atoms with Crippen LogP contribution in [0.25, 0.3) is 11.2 Å². The second-order valence-electron chi connectivity index (χ2n) is 8.56. The molecule has 5 aromatic rings. The largest absolute Gasteiger partial charge is 0.489 e. The van der Waals surface area contributed by atoms with Gasteiger partial charge in [0.1, 0.15) is 29.4 Å². The minimum Gasteiger partial charge on any atom is -0.489 e. The van der Waals surface area contributed by atoms with Gasteiger partial charge in [-0.25, -0.2) is 23.1 Å². The summed E-state index contributed by atoms with van der Waals surface area (Å²) < 4.78 is 34.9. The first kappa shape index (κ1) is 25.4. The third-order valence-electron chi connectivity index (χ3n) is 5.89. The van der Waals surface area contributed by atoms with Gasteiger partial charge in [0.2, 0.25) is 0 Å². The molecule has 1 N–H and O–H groups in total. The van der Waals surface area contributed by atoms with Gasteiger partial charge in [0.15, 0.2) is 5.65 Å². The minimum atomic E-state index is -4.04. The standard InChI is InChI=1S/C28H23ClN4O4S/c1-19-30-25-14-15-26(28(34)32-38(35,36)23-10-6-3-7-11-23)31-27(25)33(19)17-21-13-12-20(16-24(21)29)18-37-22-8-4-2-5-9-22/h2-16H,17-18H2,1H3,(H,32,34). The fraction of sp³-hybridized carbons (Fsp3) is 0.107. The monoisotopic (exact) mass is 546 g/mol. The number of sulfonamides is 1. The van der Waals surface area contributed by atoms with Gasteiger partial charge < -0.3 is 9.30 Å². The molecule has 192 valence electrons. The number of rotatable bonds is 8. The number of nitrogens with one attached hydrogen (secondary N) is 1. The van der Waals surface area contributed by atoms with E-state index in [0.29, 0.717) is 35.2 Å². The molecule has 3 aromatic carbocycles. The second kappa shape index (κ2) is 10.6. The number of aryl methyl sites for hydroxylation is 1. The molecule has 0 saturated carbocycles. The van der Waals surface area contributed by atoms with Crippen LogP contribution in [0.5, 0.6) is 5.75 Å². The average molecular weight is 547 g/mol. The molecule has 0 aliphatic rings. The molecule has 0 fully saturated rings. The topological polar surface area (TPSA) is 103 Å². The molecule has 1 amide bonds. The first-order valence-corrected chi connectivity index (χ1v) is 13.6. The van der Waals surface area contributed by atoms with Gasteiger partial charge in [0.05, 0.1) is 11.4 Å². The summed E-state index contributed by atoms with van der Waals surface area (Å²) in [4.78, 5) is 21.8. The van der Waals surface area contributed by atoms with E-state index in [9.17, 15) is 13.2 Å². The van der Waals surface area contributed by atoms with E-state index in [1.807, 2.05) is 60.0 Å². The SMILES string of the molecule is Cc1nc2ccc(C(=O)NS(=O)(=O)c3ccccc3)nc2n1Cc1ccc(COc2ccccc2)cc1Cl. The zero-order valence-electron chi connectivity index (χ0n) is 20.3. The van der Waals surface area contributed by atoms with Crippen LogP contribution in [0.4, 0.5) is 0 Å². The molecular formula is C28H23ClN4O4S. The highest BCUT2D eigenvalue weighted by Crippen LogP contribution is 2.23. The van der Waals surface area contributed by atoms with Crippen molar-refractivity contribution < 1.29 is 17.9 Å². The lowest BCUT2D eigenvalue weighted by atomic mass is 10.1. The van der Waals surface area contributed by atoms with Gasteiger partial charge in [-0.3, -0.25) is 4.79 Å². The number of carbonyl (C=O) groups is 1. The fourth-order valence-corrected chi connectivity index (χ4v) is 5.17. The summed E-state index contributed by atoms with van der Waals surface area (Å²) in [5.41, 5.74) is 2.74. The Balaban J connectivity index is 1.36. The predicted molar refractivity (Wildman–Crippen MR) is 145 cm³/mol. The highest BCUT2D eigenvalue weighted by atomic mass is 35.5. The van der Waals surface area contributed by atoms with Gasteiger partial charge in [-0.05, 0) is 60.5 Å². The Labute approximate surface area is 224 Å². The van der Waals surface area contributed by atoms with Crippen LogP contribution >= 0.6 is 11.6 Å². The van der Waals surface area contributed by atoms with Gasteiger partial charge in [-0.1, -0.05) is 60.1 Å². The van der Waals surface area contributed by atoms with Crippen molar-refractivity contribution in [2.75, 3.05) is 0 Å². The van der Waals surface area contributed by atoms with Crippen molar-refractivity contribution in [2.24, 2.45) is 0 Å². The molecule has 8 nitrogen and oxygen atoms in total. The van der Waals surface area contributed by atoms with E-state index in [0.717, 1.165) is 16.9 Å². The zero-order valence-corrected chi connectivity index (χ0v) is 21.9. The Morgan fingerprint density at radius 3 is 2.37 bits per heavy atom. The number of imidazole rings is 1. The number of aromatic nitrogens is 3. The minimum absolute atomic E-state index is 0.0115. The summed E-state index contributed by atoms with van der Waals surface area (Å²) in [5, 5.41) is 0.559. The lowest BCUT2D eigenvalue weighted by molar-refractivity contribution is 0.0977. The quantitative estimate of drug-likeness (QED) is 0.289. The van der Waals surface area contributed by atoms with Crippen molar-refractivity contribution in [1.29, 1.82) is 0 Å². The summed E-state index contributed by atoms with van der Waals surface area (Å²) in [6, 6.07) is 26.0. The number of para-hydroxylation sites is 1. The van der Waals surface area contributed by atoms with Crippen molar-refractivity contribution in [3.05, 3.63) is 119 Å². The van der Waals surface area contributed by atoms with E-state index in [1.54, 1.807) is 24.3 Å². The first-order chi connectivity index (χ1) is 18.3. The van der Waals surface area contributed by atoms with Gasteiger partial charge in [-0.15, -0.1) is 0 Å². The van der Waals surface area contributed by atoms with Crippen LogP contribution in [-0.2, 0) is 23.2 Å². The van der Waals surface area contributed by atoms with Crippen molar-refractivity contribution in [3.63, 3.8) is 0 Å². The Morgan fingerprint density at radius 1 is 0.947 bits per heavy atom. The van der Waals surface area contributed by atoms with Crippen LogP contribution in [0.1, 0.15) is 27.4 Å². The third-order valence-corrected chi connectivity index (χ3v) is 7.59. The van der Waals surface area contributed by atoms with Crippen LogP contribution < -0.4 is 9.46 Å². The predicted octanol–water partition coefficient (Wildman–Crippen LogP) is 5.14. The van der Waals surface area contributed by atoms with E-state index in [4.69, 9.17) is 16.3 Å². The number of benzene rings is 3. The molecule has 0 spiro atoms. The molecule has 0 aliphatic carbocycles. The number of fused-ring (bicyclic) bond motifs is 1. The van der Waals surface area contributed by atoms with Gasteiger partial charge in [0, 0.05) is 5.02 Å². The maximum absolute atomic E-state index is 12.8. The Hall–Kier alpha value is -4.21. The molecule has 38 heavy (non-hydrogen) atoms. The molecule has 0 aliphatic heterocycles. The number of hydrogen-bond acceptors (Lipinski definition) is 6. The smallest absolute Gasteiger partial charge is 0.283 e. The van der Waals surface area contributed by atoms with E-state index in [-0.39, 0.29) is 10.6 Å². The van der Waals surface area contributed by atoms with Gasteiger partial charge >= 0.3 is 0 Å². The normalized spacial score (nSPS) is 11.4. The molecule has 0 bridgehead atoms. The van der Waals surface area contributed by atoms with Crippen LogP contribution in [0, 0.1) is 6.92 Å². The van der Waals surface area contributed by atoms with Gasteiger partial charge in [0.25, 0.3) is 15.9 Å². The molecular weight excluding hydrogens is 524 g/mol.